The van der Waals surface area contributed by atoms with Crippen LogP contribution < -0.4 is 0 Å². The largest absolute Gasteiger partial charge is 0.396 e. The second-order valence-electron chi connectivity index (χ2n) is 4.52. The van der Waals surface area contributed by atoms with Crippen molar-refractivity contribution in [2.75, 3.05) is 13.2 Å². The fourth-order valence-electron chi connectivity index (χ4n) is 2.76. The van der Waals surface area contributed by atoms with Crippen molar-refractivity contribution in [2.45, 2.75) is 25.4 Å². The van der Waals surface area contributed by atoms with Gasteiger partial charge in [0.1, 0.15) is 0 Å². The Morgan fingerprint density at radius 1 is 1.08 bits per heavy atom. The lowest BCUT2D eigenvalue weighted by Crippen LogP contribution is -2.28. The highest BCUT2D eigenvalue weighted by Crippen LogP contribution is 2.49. The predicted octanol–water partition coefficient (Wildman–Crippen LogP) is -0.00580. The van der Waals surface area contributed by atoms with Crippen molar-refractivity contribution in [1.82, 2.24) is 0 Å². The molecule has 2 saturated carbocycles. The summed E-state index contributed by atoms with van der Waals surface area (Å²) in [5.41, 5.74) is 0. The third-order valence-electron chi connectivity index (χ3n) is 3.72. The SMILES string of the molecule is OCC1CC(C2CC2)C(CO)C1O. The third kappa shape index (κ3) is 1.60. The summed E-state index contributed by atoms with van der Waals surface area (Å²) in [6.45, 7) is 0.125. The topological polar surface area (TPSA) is 60.7 Å². The molecule has 3 N–H and O–H groups in total. The van der Waals surface area contributed by atoms with E-state index in [2.05, 4.69) is 0 Å². The first kappa shape index (κ1) is 9.44. The van der Waals surface area contributed by atoms with Gasteiger partial charge in [-0.2, -0.15) is 0 Å². The van der Waals surface area contributed by atoms with E-state index in [1.54, 1.807) is 0 Å². The average molecular weight is 186 g/mol. The van der Waals surface area contributed by atoms with E-state index >= 15 is 0 Å². The Morgan fingerprint density at radius 2 is 1.77 bits per heavy atom. The summed E-state index contributed by atoms with van der Waals surface area (Å²) in [5.74, 6) is 1.19. The number of aliphatic hydroxyl groups is 3. The second kappa shape index (κ2) is 3.56. The van der Waals surface area contributed by atoms with Gasteiger partial charge in [-0.25, -0.2) is 0 Å². The van der Waals surface area contributed by atoms with Gasteiger partial charge in [0.05, 0.1) is 6.10 Å². The van der Waals surface area contributed by atoms with Gasteiger partial charge in [0, 0.05) is 25.0 Å². The molecule has 3 nitrogen and oxygen atoms in total. The quantitative estimate of drug-likeness (QED) is 0.581. The Morgan fingerprint density at radius 3 is 2.23 bits per heavy atom. The van der Waals surface area contributed by atoms with Crippen LogP contribution in [0.1, 0.15) is 19.3 Å². The molecular weight excluding hydrogens is 168 g/mol. The lowest BCUT2D eigenvalue weighted by Gasteiger charge is -2.19. The minimum atomic E-state index is -0.486. The second-order valence-corrected chi connectivity index (χ2v) is 4.52. The number of aliphatic hydroxyl groups excluding tert-OH is 3. The first-order valence-electron chi connectivity index (χ1n) is 5.17. The fraction of sp³-hybridized carbons (Fsp3) is 1.00. The first-order valence-corrected chi connectivity index (χ1v) is 5.17. The Balaban J connectivity index is 2.02. The zero-order chi connectivity index (χ0) is 9.42. The molecule has 4 atom stereocenters. The van der Waals surface area contributed by atoms with Gasteiger partial charge < -0.3 is 15.3 Å². The van der Waals surface area contributed by atoms with Crippen LogP contribution >= 0.6 is 0 Å². The minimum Gasteiger partial charge on any atom is -0.396 e. The molecule has 0 aromatic rings. The molecule has 2 fully saturated rings. The molecule has 13 heavy (non-hydrogen) atoms. The molecule has 3 heteroatoms. The van der Waals surface area contributed by atoms with Crippen LogP contribution in [0.25, 0.3) is 0 Å². The first-order chi connectivity index (χ1) is 6.27. The molecule has 2 aliphatic rings. The van der Waals surface area contributed by atoms with Gasteiger partial charge in [0.2, 0.25) is 0 Å². The summed E-state index contributed by atoms with van der Waals surface area (Å²) in [4.78, 5) is 0. The maximum absolute atomic E-state index is 9.78. The summed E-state index contributed by atoms with van der Waals surface area (Å²) < 4.78 is 0. The molecule has 2 aliphatic carbocycles. The summed E-state index contributed by atoms with van der Waals surface area (Å²) in [6.07, 6.45) is 2.90. The number of hydrogen-bond acceptors (Lipinski definition) is 3. The van der Waals surface area contributed by atoms with Gasteiger partial charge in [-0.1, -0.05) is 0 Å². The molecule has 0 aliphatic heterocycles. The van der Waals surface area contributed by atoms with Crippen LogP contribution in [-0.2, 0) is 0 Å². The summed E-state index contributed by atoms with van der Waals surface area (Å²) in [7, 11) is 0. The molecule has 0 amide bonds. The van der Waals surface area contributed by atoms with Crippen molar-refractivity contribution < 1.29 is 15.3 Å². The van der Waals surface area contributed by atoms with Crippen LogP contribution in [0, 0.1) is 23.7 Å². The third-order valence-corrected chi connectivity index (χ3v) is 3.72. The lowest BCUT2D eigenvalue weighted by atomic mass is 9.91. The van der Waals surface area contributed by atoms with Crippen molar-refractivity contribution >= 4 is 0 Å². The van der Waals surface area contributed by atoms with Crippen molar-refractivity contribution in [1.29, 1.82) is 0 Å². The van der Waals surface area contributed by atoms with Crippen molar-refractivity contribution in [3.05, 3.63) is 0 Å². The standard InChI is InChI=1S/C10H18O3/c11-4-7-3-8(6-1-2-6)9(5-12)10(7)13/h6-13H,1-5H2. The highest BCUT2D eigenvalue weighted by Gasteiger charge is 2.47. The van der Waals surface area contributed by atoms with Crippen LogP contribution in [0.4, 0.5) is 0 Å². The van der Waals surface area contributed by atoms with E-state index in [1.807, 2.05) is 0 Å². The van der Waals surface area contributed by atoms with Crippen LogP contribution in [0.3, 0.4) is 0 Å². The van der Waals surface area contributed by atoms with Crippen molar-refractivity contribution in [2.24, 2.45) is 23.7 Å². The van der Waals surface area contributed by atoms with E-state index in [-0.39, 0.29) is 25.0 Å². The average Bonchev–Trinajstić information content (AvgIpc) is 2.91. The predicted molar refractivity (Wildman–Crippen MR) is 48.0 cm³/mol. The van der Waals surface area contributed by atoms with Gasteiger partial charge in [0.15, 0.2) is 0 Å². The molecule has 0 heterocycles. The normalized spacial score (nSPS) is 45.5. The molecule has 4 unspecified atom stereocenters. The van der Waals surface area contributed by atoms with E-state index in [0.29, 0.717) is 11.8 Å². The number of rotatable bonds is 3. The summed E-state index contributed by atoms with van der Waals surface area (Å²) in [5, 5.41) is 28.0. The summed E-state index contributed by atoms with van der Waals surface area (Å²) in [6, 6.07) is 0. The zero-order valence-electron chi connectivity index (χ0n) is 7.76. The molecule has 0 bridgehead atoms. The van der Waals surface area contributed by atoms with E-state index < -0.39 is 6.10 Å². The lowest BCUT2D eigenvalue weighted by molar-refractivity contribution is 0.0309. The smallest absolute Gasteiger partial charge is 0.0643 e. The molecule has 2 rings (SSSR count). The van der Waals surface area contributed by atoms with E-state index in [9.17, 15) is 5.11 Å². The van der Waals surface area contributed by atoms with E-state index in [1.165, 1.54) is 12.8 Å². The molecular formula is C10H18O3. The molecule has 0 aromatic carbocycles. The molecule has 0 radical (unpaired) electrons. The molecule has 0 saturated heterocycles. The van der Waals surface area contributed by atoms with Crippen LogP contribution in [-0.4, -0.2) is 34.6 Å². The van der Waals surface area contributed by atoms with Crippen LogP contribution in [0.15, 0.2) is 0 Å². The Kier molecular flexibility index (Phi) is 2.58. The fourth-order valence-corrected chi connectivity index (χ4v) is 2.76. The van der Waals surface area contributed by atoms with Gasteiger partial charge >= 0.3 is 0 Å². The van der Waals surface area contributed by atoms with Gasteiger partial charge in [-0.15, -0.1) is 0 Å². The van der Waals surface area contributed by atoms with E-state index in [4.69, 9.17) is 10.2 Å². The van der Waals surface area contributed by atoms with Gasteiger partial charge in [-0.3, -0.25) is 0 Å². The Labute approximate surface area is 78.4 Å². The van der Waals surface area contributed by atoms with Crippen molar-refractivity contribution in [3.8, 4) is 0 Å². The molecule has 0 spiro atoms. The van der Waals surface area contributed by atoms with E-state index in [0.717, 1.165) is 6.42 Å². The highest BCUT2D eigenvalue weighted by atomic mass is 16.3. The molecule has 0 aromatic heterocycles. The van der Waals surface area contributed by atoms with Gasteiger partial charge in [-0.05, 0) is 31.1 Å². The monoisotopic (exact) mass is 186 g/mol. The molecule has 76 valence electrons. The highest BCUT2D eigenvalue weighted by molar-refractivity contribution is 4.96. The Hall–Kier alpha value is -0.120. The maximum Gasteiger partial charge on any atom is 0.0643 e. The Bertz CT molecular complexity index is 179. The van der Waals surface area contributed by atoms with Crippen molar-refractivity contribution in [3.63, 3.8) is 0 Å². The maximum atomic E-state index is 9.78. The summed E-state index contributed by atoms with van der Waals surface area (Å²) >= 11 is 0. The minimum absolute atomic E-state index is 0.00255. The zero-order valence-corrected chi connectivity index (χ0v) is 7.76. The van der Waals surface area contributed by atoms with Crippen LogP contribution in [0.2, 0.25) is 0 Å². The van der Waals surface area contributed by atoms with Crippen LogP contribution in [0.5, 0.6) is 0 Å². The number of hydrogen-bond donors (Lipinski definition) is 3. The van der Waals surface area contributed by atoms with Gasteiger partial charge in [0.25, 0.3) is 0 Å².